The molecule has 0 radical (unpaired) electrons. The molecule has 0 unspecified atom stereocenters. The first-order valence-electron chi connectivity index (χ1n) is 12.8. The molecule has 0 bridgehead atoms. The summed E-state index contributed by atoms with van der Waals surface area (Å²) in [7, 11) is 0. The molecule has 35 heavy (non-hydrogen) atoms. The fourth-order valence-corrected chi connectivity index (χ4v) is 6.13. The van der Waals surface area contributed by atoms with Crippen LogP contribution in [0, 0.1) is 23.5 Å². The first kappa shape index (κ1) is 23.9. The van der Waals surface area contributed by atoms with Crippen molar-refractivity contribution in [2.75, 3.05) is 13.1 Å². The highest BCUT2D eigenvalue weighted by atomic mass is 19.1. The Labute approximate surface area is 205 Å². The van der Waals surface area contributed by atoms with Gasteiger partial charge in [0.05, 0.1) is 11.1 Å². The predicted molar refractivity (Wildman–Crippen MR) is 134 cm³/mol. The highest BCUT2D eigenvalue weighted by Gasteiger charge is 2.41. The van der Waals surface area contributed by atoms with Gasteiger partial charge in [-0.15, -0.1) is 0 Å². The van der Waals surface area contributed by atoms with Gasteiger partial charge in [0.1, 0.15) is 11.6 Å². The number of hydrogen-bond donors (Lipinski definition) is 2. The lowest BCUT2D eigenvalue weighted by Crippen LogP contribution is -2.52. The van der Waals surface area contributed by atoms with Gasteiger partial charge < -0.3 is 10.6 Å². The van der Waals surface area contributed by atoms with Crippen molar-refractivity contribution in [2.24, 2.45) is 11.8 Å². The summed E-state index contributed by atoms with van der Waals surface area (Å²) in [6, 6.07) is 13.4. The molecule has 1 saturated heterocycles. The molecule has 184 valence electrons. The fourth-order valence-electron chi connectivity index (χ4n) is 6.13. The quantitative estimate of drug-likeness (QED) is 0.487. The van der Waals surface area contributed by atoms with Crippen molar-refractivity contribution in [3.8, 4) is 0 Å². The lowest BCUT2D eigenvalue weighted by molar-refractivity contribution is -0.128. The number of benzene rings is 2. The van der Waals surface area contributed by atoms with Crippen LogP contribution < -0.4 is 10.6 Å². The molecular formula is C29H33F2N3O. The molecule has 5 rings (SSSR count). The summed E-state index contributed by atoms with van der Waals surface area (Å²) in [5, 5.41) is 7.62. The van der Waals surface area contributed by atoms with Gasteiger partial charge in [-0.1, -0.05) is 12.1 Å². The lowest BCUT2D eigenvalue weighted by Gasteiger charge is -2.44. The number of pyridine rings is 1. The summed E-state index contributed by atoms with van der Waals surface area (Å²) >= 11 is 0. The third-order valence-electron chi connectivity index (χ3n) is 8.26. The molecule has 1 amide bonds. The minimum absolute atomic E-state index is 0.00504. The SMILES string of the molecule is C[C@](NC(=O)C1CCNCC1)(c1ccc(F)cc1)C1CCC(c2ccnc3ccc(F)cc23)CC1. The Morgan fingerprint density at radius 2 is 1.63 bits per heavy atom. The monoisotopic (exact) mass is 477 g/mol. The number of amides is 1. The highest BCUT2D eigenvalue weighted by Crippen LogP contribution is 2.45. The molecule has 1 saturated carbocycles. The number of rotatable bonds is 5. The predicted octanol–water partition coefficient (Wildman–Crippen LogP) is 5.82. The van der Waals surface area contributed by atoms with E-state index in [-0.39, 0.29) is 29.4 Å². The maximum absolute atomic E-state index is 14.0. The Hall–Kier alpha value is -2.86. The van der Waals surface area contributed by atoms with Crippen LogP contribution in [0.25, 0.3) is 10.9 Å². The zero-order valence-electron chi connectivity index (χ0n) is 20.2. The van der Waals surface area contributed by atoms with Crippen LogP contribution in [0.1, 0.15) is 62.5 Å². The molecule has 1 aliphatic heterocycles. The van der Waals surface area contributed by atoms with Crippen LogP contribution in [-0.4, -0.2) is 24.0 Å². The molecule has 1 atom stereocenters. The summed E-state index contributed by atoms with van der Waals surface area (Å²) in [5.74, 6) is 0.114. The zero-order chi connectivity index (χ0) is 24.4. The van der Waals surface area contributed by atoms with Gasteiger partial charge in [0.15, 0.2) is 0 Å². The molecular weight excluding hydrogens is 444 g/mol. The van der Waals surface area contributed by atoms with Crippen LogP contribution in [0.3, 0.4) is 0 Å². The van der Waals surface area contributed by atoms with Crippen LogP contribution in [0.15, 0.2) is 54.7 Å². The van der Waals surface area contributed by atoms with Gasteiger partial charge in [0, 0.05) is 17.5 Å². The second-order valence-electron chi connectivity index (χ2n) is 10.3. The van der Waals surface area contributed by atoms with Crippen LogP contribution in [0.4, 0.5) is 8.78 Å². The minimum Gasteiger partial charge on any atom is -0.346 e. The molecule has 2 N–H and O–H groups in total. The van der Waals surface area contributed by atoms with E-state index in [1.54, 1.807) is 12.1 Å². The van der Waals surface area contributed by atoms with Gasteiger partial charge >= 0.3 is 0 Å². The van der Waals surface area contributed by atoms with Crippen molar-refractivity contribution >= 4 is 16.8 Å². The Balaban J connectivity index is 1.38. The number of hydrogen-bond acceptors (Lipinski definition) is 3. The number of nitrogens with one attached hydrogen (secondary N) is 2. The molecule has 1 aliphatic carbocycles. The van der Waals surface area contributed by atoms with E-state index >= 15 is 0 Å². The molecule has 2 aromatic carbocycles. The third kappa shape index (κ3) is 4.94. The number of halogens is 2. The number of aromatic nitrogens is 1. The Kier molecular flexibility index (Phi) is 6.83. The number of carbonyl (C=O) groups excluding carboxylic acids is 1. The summed E-state index contributed by atoms with van der Waals surface area (Å²) in [6.45, 7) is 3.81. The van der Waals surface area contributed by atoms with Crippen molar-refractivity contribution in [1.82, 2.24) is 15.6 Å². The molecule has 2 heterocycles. The summed E-state index contributed by atoms with van der Waals surface area (Å²) < 4.78 is 27.7. The van der Waals surface area contributed by atoms with Crippen LogP contribution in [0.2, 0.25) is 0 Å². The van der Waals surface area contributed by atoms with Gasteiger partial charge in [0.2, 0.25) is 5.91 Å². The molecule has 2 fully saturated rings. The smallest absolute Gasteiger partial charge is 0.223 e. The maximum atomic E-state index is 14.0. The van der Waals surface area contributed by atoms with Crippen molar-refractivity contribution in [1.29, 1.82) is 0 Å². The summed E-state index contributed by atoms with van der Waals surface area (Å²) in [4.78, 5) is 17.7. The Bertz CT molecular complexity index is 1180. The van der Waals surface area contributed by atoms with Gasteiger partial charge in [-0.05, 0) is 118 Å². The van der Waals surface area contributed by atoms with Gasteiger partial charge in [-0.25, -0.2) is 8.78 Å². The summed E-state index contributed by atoms with van der Waals surface area (Å²) in [5.41, 5.74) is 2.33. The van der Waals surface area contributed by atoms with Crippen molar-refractivity contribution in [2.45, 2.75) is 56.9 Å². The van der Waals surface area contributed by atoms with E-state index in [2.05, 4.69) is 22.5 Å². The standard InChI is InChI=1S/C29H33F2N3O/c1-29(22-6-8-23(30)9-7-22,34-28(35)20-12-15-32-16-13-20)21-4-2-19(3-5-21)25-14-17-33-27-11-10-24(31)18-26(25)27/h6-11,14,17-21,32H,2-5,12-13,15-16H2,1H3,(H,34,35)/t19?,21?,29-/m1/s1. The number of piperidine rings is 1. The first-order chi connectivity index (χ1) is 16.9. The molecule has 3 aromatic rings. The van der Waals surface area contributed by atoms with E-state index in [1.165, 1.54) is 18.2 Å². The highest BCUT2D eigenvalue weighted by molar-refractivity contribution is 5.82. The Morgan fingerprint density at radius 3 is 2.34 bits per heavy atom. The molecule has 4 nitrogen and oxygen atoms in total. The van der Waals surface area contributed by atoms with Gasteiger partial charge in [-0.2, -0.15) is 0 Å². The van der Waals surface area contributed by atoms with Crippen molar-refractivity contribution in [3.63, 3.8) is 0 Å². The van der Waals surface area contributed by atoms with Crippen molar-refractivity contribution < 1.29 is 13.6 Å². The first-order valence-corrected chi connectivity index (χ1v) is 12.8. The van der Waals surface area contributed by atoms with Crippen LogP contribution in [-0.2, 0) is 10.3 Å². The molecule has 6 heteroatoms. The van der Waals surface area contributed by atoms with E-state index < -0.39 is 5.54 Å². The summed E-state index contributed by atoms with van der Waals surface area (Å²) in [6.07, 6.45) is 7.21. The average Bonchev–Trinajstić information content (AvgIpc) is 2.89. The lowest BCUT2D eigenvalue weighted by atomic mass is 9.68. The van der Waals surface area contributed by atoms with Gasteiger partial charge in [-0.3, -0.25) is 9.78 Å². The minimum atomic E-state index is -0.576. The Morgan fingerprint density at radius 1 is 0.943 bits per heavy atom. The topological polar surface area (TPSA) is 54.0 Å². The van der Waals surface area contributed by atoms with E-state index in [9.17, 15) is 13.6 Å². The van der Waals surface area contributed by atoms with E-state index in [0.29, 0.717) is 5.92 Å². The van der Waals surface area contributed by atoms with E-state index in [1.807, 2.05) is 24.4 Å². The largest absolute Gasteiger partial charge is 0.346 e. The number of carbonyl (C=O) groups is 1. The number of fused-ring (bicyclic) bond motifs is 1. The average molecular weight is 478 g/mol. The second kappa shape index (κ2) is 10.0. The van der Waals surface area contributed by atoms with Crippen molar-refractivity contribution in [3.05, 3.63) is 77.5 Å². The number of nitrogens with zero attached hydrogens (tertiary/aromatic N) is 1. The fraction of sp³-hybridized carbons (Fsp3) is 0.448. The molecule has 1 aromatic heterocycles. The molecule has 0 spiro atoms. The van der Waals surface area contributed by atoms with E-state index in [4.69, 9.17) is 0 Å². The second-order valence-corrected chi connectivity index (χ2v) is 10.3. The molecule has 2 aliphatic rings. The van der Waals surface area contributed by atoms with Gasteiger partial charge in [0.25, 0.3) is 0 Å². The van der Waals surface area contributed by atoms with Crippen LogP contribution >= 0.6 is 0 Å². The zero-order valence-corrected chi connectivity index (χ0v) is 20.2. The van der Waals surface area contributed by atoms with Crippen LogP contribution in [0.5, 0.6) is 0 Å². The van der Waals surface area contributed by atoms with E-state index in [0.717, 1.165) is 73.6 Å². The third-order valence-corrected chi connectivity index (χ3v) is 8.26. The normalized spacial score (nSPS) is 23.1. The maximum Gasteiger partial charge on any atom is 0.223 e.